The van der Waals surface area contributed by atoms with Gasteiger partial charge in [-0.3, -0.25) is 4.79 Å². The van der Waals surface area contributed by atoms with E-state index in [-0.39, 0.29) is 24.2 Å². The summed E-state index contributed by atoms with van der Waals surface area (Å²) in [5.41, 5.74) is 6.47. The van der Waals surface area contributed by atoms with Gasteiger partial charge in [0.15, 0.2) is 0 Å². The predicted octanol–water partition coefficient (Wildman–Crippen LogP) is 0.602. The Labute approximate surface area is 107 Å². The standard InChI is InChI=1S/C12H20N4O2/c1-3-4-5-16(6-7-17)11(18)10-8-9(2)14-12(13)15-10/h8,17H,3-7H2,1-2H3,(H2,13,14,15). The lowest BCUT2D eigenvalue weighted by atomic mass is 10.2. The number of nitrogens with two attached hydrogens (primary N) is 1. The van der Waals surface area contributed by atoms with Crippen LogP contribution in [0.3, 0.4) is 0 Å². The molecule has 1 amide bonds. The van der Waals surface area contributed by atoms with Gasteiger partial charge >= 0.3 is 0 Å². The van der Waals surface area contributed by atoms with Crippen LogP contribution >= 0.6 is 0 Å². The van der Waals surface area contributed by atoms with Crippen LogP contribution in [-0.4, -0.2) is 45.6 Å². The molecule has 1 aromatic heterocycles. The van der Waals surface area contributed by atoms with Crippen LogP contribution in [-0.2, 0) is 0 Å². The van der Waals surface area contributed by atoms with Crippen molar-refractivity contribution >= 4 is 11.9 Å². The molecule has 6 heteroatoms. The Kier molecular flexibility index (Phi) is 5.51. The van der Waals surface area contributed by atoms with Crippen molar-refractivity contribution in [3.8, 4) is 0 Å². The molecule has 3 N–H and O–H groups in total. The van der Waals surface area contributed by atoms with Crippen molar-refractivity contribution in [1.29, 1.82) is 0 Å². The average Bonchev–Trinajstić information content (AvgIpc) is 2.32. The van der Waals surface area contributed by atoms with Gasteiger partial charge in [-0.15, -0.1) is 0 Å². The number of anilines is 1. The summed E-state index contributed by atoms with van der Waals surface area (Å²) >= 11 is 0. The highest BCUT2D eigenvalue weighted by Gasteiger charge is 2.17. The summed E-state index contributed by atoms with van der Waals surface area (Å²) in [5, 5.41) is 8.99. The van der Waals surface area contributed by atoms with E-state index in [0.29, 0.717) is 18.8 Å². The maximum absolute atomic E-state index is 12.2. The van der Waals surface area contributed by atoms with Crippen molar-refractivity contribution in [3.05, 3.63) is 17.5 Å². The summed E-state index contributed by atoms with van der Waals surface area (Å²) in [6.07, 6.45) is 1.88. The number of nitrogen functional groups attached to an aromatic ring is 1. The van der Waals surface area contributed by atoms with Crippen LogP contribution in [0.2, 0.25) is 0 Å². The minimum Gasteiger partial charge on any atom is -0.395 e. The number of aryl methyl sites for hydroxylation is 1. The number of carbonyl (C=O) groups is 1. The quantitative estimate of drug-likeness (QED) is 0.773. The summed E-state index contributed by atoms with van der Waals surface area (Å²) in [6, 6.07) is 1.61. The Balaban J connectivity index is 2.86. The monoisotopic (exact) mass is 252 g/mol. The third-order valence-corrected chi connectivity index (χ3v) is 2.53. The fourth-order valence-corrected chi connectivity index (χ4v) is 1.65. The van der Waals surface area contributed by atoms with Crippen LogP contribution in [0.25, 0.3) is 0 Å². The van der Waals surface area contributed by atoms with Crippen LogP contribution in [0, 0.1) is 6.92 Å². The molecular weight excluding hydrogens is 232 g/mol. The zero-order valence-corrected chi connectivity index (χ0v) is 10.9. The van der Waals surface area contributed by atoms with Crippen LogP contribution in [0.15, 0.2) is 6.07 Å². The summed E-state index contributed by atoms with van der Waals surface area (Å²) in [4.78, 5) is 21.7. The molecule has 18 heavy (non-hydrogen) atoms. The highest BCUT2D eigenvalue weighted by Crippen LogP contribution is 2.07. The van der Waals surface area contributed by atoms with Gasteiger partial charge in [0.05, 0.1) is 6.61 Å². The summed E-state index contributed by atoms with van der Waals surface area (Å²) < 4.78 is 0. The fourth-order valence-electron chi connectivity index (χ4n) is 1.65. The smallest absolute Gasteiger partial charge is 0.272 e. The fraction of sp³-hybridized carbons (Fsp3) is 0.583. The number of carbonyl (C=O) groups excluding carboxylic acids is 1. The molecule has 0 radical (unpaired) electrons. The van der Waals surface area contributed by atoms with Crippen LogP contribution in [0.5, 0.6) is 0 Å². The van der Waals surface area contributed by atoms with E-state index in [2.05, 4.69) is 16.9 Å². The molecule has 0 unspecified atom stereocenters. The first kappa shape index (κ1) is 14.4. The lowest BCUT2D eigenvalue weighted by Gasteiger charge is -2.21. The van der Waals surface area contributed by atoms with Gasteiger partial charge in [0, 0.05) is 18.8 Å². The van der Waals surface area contributed by atoms with Crippen molar-refractivity contribution in [1.82, 2.24) is 14.9 Å². The zero-order chi connectivity index (χ0) is 13.5. The Morgan fingerprint density at radius 1 is 1.44 bits per heavy atom. The largest absolute Gasteiger partial charge is 0.395 e. The molecule has 0 saturated heterocycles. The Hall–Kier alpha value is -1.69. The molecule has 0 atom stereocenters. The van der Waals surface area contributed by atoms with Gasteiger partial charge in [0.1, 0.15) is 5.69 Å². The number of aliphatic hydroxyl groups is 1. The molecule has 1 rings (SSSR count). The third kappa shape index (κ3) is 3.96. The molecule has 100 valence electrons. The molecule has 0 fully saturated rings. The van der Waals surface area contributed by atoms with Gasteiger partial charge in [0.25, 0.3) is 5.91 Å². The minimum absolute atomic E-state index is 0.0605. The molecule has 0 spiro atoms. The average molecular weight is 252 g/mol. The molecular formula is C12H20N4O2. The number of rotatable bonds is 6. The Bertz CT molecular complexity index is 389. The van der Waals surface area contributed by atoms with E-state index < -0.39 is 0 Å². The van der Waals surface area contributed by atoms with Crippen molar-refractivity contribution in [2.45, 2.75) is 26.7 Å². The molecule has 0 bridgehead atoms. The summed E-state index contributed by atoms with van der Waals surface area (Å²) in [5.74, 6) is -0.118. The van der Waals surface area contributed by atoms with Crippen molar-refractivity contribution < 1.29 is 9.90 Å². The molecule has 0 aliphatic carbocycles. The van der Waals surface area contributed by atoms with Crippen molar-refractivity contribution in [2.75, 3.05) is 25.4 Å². The zero-order valence-electron chi connectivity index (χ0n) is 10.9. The van der Waals surface area contributed by atoms with Gasteiger partial charge in [-0.25, -0.2) is 9.97 Å². The number of nitrogens with zero attached hydrogens (tertiary/aromatic N) is 3. The lowest BCUT2D eigenvalue weighted by Crippen LogP contribution is -2.35. The molecule has 6 nitrogen and oxygen atoms in total. The summed E-state index contributed by atoms with van der Waals surface area (Å²) in [6.45, 7) is 4.67. The number of amides is 1. The lowest BCUT2D eigenvalue weighted by molar-refractivity contribution is 0.0713. The van der Waals surface area contributed by atoms with E-state index >= 15 is 0 Å². The SMILES string of the molecule is CCCCN(CCO)C(=O)c1cc(C)nc(N)n1. The highest BCUT2D eigenvalue weighted by molar-refractivity contribution is 5.92. The van der Waals surface area contributed by atoms with E-state index in [1.54, 1.807) is 17.9 Å². The number of aromatic nitrogens is 2. The second-order valence-corrected chi connectivity index (χ2v) is 4.12. The molecule has 1 heterocycles. The Morgan fingerprint density at radius 2 is 2.17 bits per heavy atom. The number of unbranched alkanes of at least 4 members (excludes halogenated alkanes) is 1. The maximum Gasteiger partial charge on any atom is 0.272 e. The molecule has 0 aromatic carbocycles. The van der Waals surface area contributed by atoms with Crippen molar-refractivity contribution in [2.24, 2.45) is 0 Å². The normalized spacial score (nSPS) is 10.4. The van der Waals surface area contributed by atoms with E-state index in [1.165, 1.54) is 0 Å². The van der Waals surface area contributed by atoms with Gasteiger partial charge in [-0.1, -0.05) is 13.3 Å². The molecule has 1 aromatic rings. The second kappa shape index (κ2) is 6.90. The van der Waals surface area contributed by atoms with Crippen LogP contribution in [0.1, 0.15) is 35.9 Å². The van der Waals surface area contributed by atoms with E-state index in [1.807, 2.05) is 0 Å². The molecule has 0 saturated carbocycles. The maximum atomic E-state index is 12.2. The molecule has 0 aliphatic heterocycles. The summed E-state index contributed by atoms with van der Waals surface area (Å²) in [7, 11) is 0. The number of aliphatic hydroxyl groups excluding tert-OH is 1. The van der Waals surface area contributed by atoms with Gasteiger partial charge < -0.3 is 15.7 Å². The van der Waals surface area contributed by atoms with Gasteiger partial charge in [0.2, 0.25) is 5.95 Å². The highest BCUT2D eigenvalue weighted by atomic mass is 16.3. The third-order valence-electron chi connectivity index (χ3n) is 2.53. The first-order valence-electron chi connectivity index (χ1n) is 6.09. The van der Waals surface area contributed by atoms with Gasteiger partial charge in [-0.2, -0.15) is 0 Å². The minimum atomic E-state index is -0.213. The second-order valence-electron chi connectivity index (χ2n) is 4.12. The number of hydrogen-bond donors (Lipinski definition) is 2. The first-order valence-corrected chi connectivity index (χ1v) is 6.09. The molecule has 0 aliphatic rings. The predicted molar refractivity (Wildman–Crippen MR) is 69.1 cm³/mol. The van der Waals surface area contributed by atoms with Gasteiger partial charge in [-0.05, 0) is 19.4 Å². The van der Waals surface area contributed by atoms with Crippen LogP contribution in [0.4, 0.5) is 5.95 Å². The van der Waals surface area contributed by atoms with E-state index in [0.717, 1.165) is 12.8 Å². The van der Waals surface area contributed by atoms with Crippen molar-refractivity contribution in [3.63, 3.8) is 0 Å². The topological polar surface area (TPSA) is 92.3 Å². The van der Waals surface area contributed by atoms with Crippen LogP contribution < -0.4 is 5.73 Å². The van der Waals surface area contributed by atoms with E-state index in [4.69, 9.17) is 10.8 Å². The Morgan fingerprint density at radius 3 is 2.72 bits per heavy atom. The van der Waals surface area contributed by atoms with E-state index in [9.17, 15) is 4.79 Å². The number of hydrogen-bond acceptors (Lipinski definition) is 5. The first-order chi connectivity index (χ1) is 8.58.